The Morgan fingerprint density at radius 1 is 0.395 bits per heavy atom. The minimum absolute atomic E-state index is 0. The molecule has 2 heterocycles. The lowest BCUT2D eigenvalue weighted by Gasteiger charge is -2.43. The van der Waals surface area contributed by atoms with Gasteiger partial charge < -0.3 is 65.0 Å². The fourth-order valence-corrected chi connectivity index (χ4v) is 15.5. The van der Waals surface area contributed by atoms with Crippen molar-refractivity contribution >= 4 is 32.1 Å². The van der Waals surface area contributed by atoms with Gasteiger partial charge >= 0.3 is 0 Å². The summed E-state index contributed by atoms with van der Waals surface area (Å²) >= 11 is 0. The monoisotopic (exact) mass is 2110 g/mol. The first kappa shape index (κ1) is 124. The average molecular weight is 2110 g/mol. The summed E-state index contributed by atoms with van der Waals surface area (Å²) in [5.41, 5.74) is 2.67. The highest BCUT2D eigenvalue weighted by Crippen LogP contribution is 2.34. The van der Waals surface area contributed by atoms with Crippen molar-refractivity contribution in [2.24, 2.45) is 17.8 Å². The van der Waals surface area contributed by atoms with Gasteiger partial charge in [-0.15, -0.1) is 0 Å². The van der Waals surface area contributed by atoms with Gasteiger partial charge in [0.1, 0.15) is 36.6 Å². The molecule has 0 bridgehead atoms. The van der Waals surface area contributed by atoms with Crippen LogP contribution in [0.4, 0.5) is 0 Å². The minimum Gasteiger partial charge on any atom is -0.390 e. The third-order valence-electron chi connectivity index (χ3n) is 21.8. The van der Waals surface area contributed by atoms with Gasteiger partial charge in [-0.2, -0.15) is 16.8 Å². The Hall–Kier alpha value is -14.8. The summed E-state index contributed by atoms with van der Waals surface area (Å²) in [6.45, 7) is 15.7. The summed E-state index contributed by atoms with van der Waals surface area (Å²) in [5, 5.41) is 70.9. The van der Waals surface area contributed by atoms with E-state index in [1.807, 2.05) is 51.1 Å². The topological polar surface area (TPSA) is 312 Å². The molecule has 0 spiro atoms. The summed E-state index contributed by atoms with van der Waals surface area (Å²) in [4.78, 5) is 26.3. The number of aliphatic hydroxyl groups excluding tert-OH is 6. The van der Waals surface area contributed by atoms with Crippen molar-refractivity contribution in [3.8, 4) is 284 Å². The molecule has 0 aliphatic carbocycles. The lowest BCUT2D eigenvalue weighted by molar-refractivity contribution is -0.302. The van der Waals surface area contributed by atoms with Gasteiger partial charge in [-0.25, -0.2) is 0 Å². The number of unbranched alkanes of at least 4 members (excludes halogenated alkanes) is 20. The number of allylic oxidation sites excluding steroid dienone is 2. The van der Waals surface area contributed by atoms with Crippen molar-refractivity contribution < 1.29 is 158 Å². The van der Waals surface area contributed by atoms with Crippen LogP contribution in [0.5, 0.6) is 0 Å². The van der Waals surface area contributed by atoms with E-state index in [9.17, 15) is 57.1 Å². The number of benzene rings is 3. The SMILES string of the molecule is CC#CC#CC#CC#CC#CC#CC#CC#CC#CC#CC#CC#CC(=O)N[C@@H](CO[C@H]1OC(COS(=O)(=O)c2ccc(C)cc2)[C@H](O)[C@H](C)C1C)[C@H](OCc1ccccc1)[C@H](C)CC=CCCCCCCCCCCC.CC#CC#CC#CC#CC#CC#CC#CC#CC#CC#CC#CC#CC(=O)N[C@@H](CO[C@H]1OC(COS(=O)(=O)c2ccc(C)cc2)[C@H](O)[C@H](O)C1O)[C@H](O)[C@H](O)CCCCCCCCCCCCCC.[HH].[HH].[HH].[HH].[HH].[HH].[HH].[HH].[HH].[HH].[HH].[HH].[HH].[HH].[HH].[HH].[HH].[HH].[HH].[HH].[HH].[HH].[HH].[HH].[HH].[HH].[HH].[HH].[HH].[HH].[HH].[HH].[HH].[HH].[HH].[HH].[HH].[HH].[HH].[HH].[HH].[HH].[HH].[HH].[HH].[HH].[HH].[HH]. The largest absolute Gasteiger partial charge is 0.390 e. The molecule has 0 radical (unpaired) electrons. The van der Waals surface area contributed by atoms with Crippen LogP contribution in [0.15, 0.2) is 101 Å². The standard InChI is InChI=1S/C67H67NO8S.C57H57NO11S.48H2/c1-7-9-11-13-15-17-19-21-22-23-24-25-26-27-28-29-30-31-33-35-37-39-44-48-64(69)68-62(54-74-67-59(6)58(5)65(70)63(76-67)55-75-77(71,72)61-51-49-56(3)50-52-61)66(73-53-60-46-42-40-43-47-60)57(4)45-41-38-36-34-32-20-18-16-14-12-10-8-2;1-4-6-8-10-12-14-16-18-19-20-21-22-23-24-25-26-27-28-30-32-34-36-38-40-52(60)58-49(53(61)50(59)39-37-35-33-31-29-17-15-13-11-9-7-5-2)45-67-57-56(64)55(63)54(62)51(69-57)46-68-70(65,66)48-43-41-47(3)42-44-48;;;;;;;;;;;;;;;;;;;;;;;;;;;;;;;;;;;;;;;;;;;;;;;;/h38,40-43,46-47,49-52,57-59,62-63,65-67,70H,8,10,12,14,16,18,20,32,34,36,45,53-55H2,1-6H3,(H,68,69);41-44,49-51,53-57,59,61-64H,5,7,9,11,13,15,17,29,31,33,35,37,39,45-46H2,1-3H3,(H,58,60);48*1H/t57-,58-,59?,62+,63?,65-,66-,67+;49-,50+,51?,53-,54-,55-,56?,57-;;;;;;;;;;;;;;;;;;;;;;;;;;;;;;;;;;;;;;;;;;;;;;;;/m10................................................/s1. The highest BCUT2D eigenvalue weighted by atomic mass is 32.2. The van der Waals surface area contributed by atoms with Gasteiger partial charge in [0.2, 0.25) is 0 Å². The van der Waals surface area contributed by atoms with Crippen LogP contribution >= 0.6 is 0 Å². The summed E-state index contributed by atoms with van der Waals surface area (Å²) in [6, 6.07) is 19.8. The predicted octanol–water partition coefficient (Wildman–Crippen LogP) is 23.4. The van der Waals surface area contributed by atoms with Gasteiger partial charge in [0, 0.05) is 157 Å². The zero-order chi connectivity index (χ0) is 107. The van der Waals surface area contributed by atoms with Crippen LogP contribution in [-0.4, -0.2) is 165 Å². The Morgan fingerprint density at radius 3 is 1.10 bits per heavy atom. The lowest BCUT2D eigenvalue weighted by atomic mass is 9.85. The highest BCUT2D eigenvalue weighted by Gasteiger charge is 2.47. The molecule has 2 aliphatic rings. The van der Waals surface area contributed by atoms with E-state index in [4.69, 9.17) is 32.1 Å². The molecule has 147 heavy (non-hydrogen) atoms. The van der Waals surface area contributed by atoms with E-state index in [2.05, 4.69) is 328 Å². The first-order valence-electron chi connectivity index (χ1n) is 48.7. The molecule has 21 nitrogen and oxygen atoms in total. The maximum Gasteiger partial charge on any atom is 0.297 e. The second-order valence-corrected chi connectivity index (χ2v) is 36.5. The second kappa shape index (κ2) is 79.5. The molecule has 4 unspecified atom stereocenters. The average Bonchev–Trinajstić information content (AvgIpc) is 0.803. The number of amides is 2. The summed E-state index contributed by atoms with van der Waals surface area (Å²) < 4.78 is 93.1. The van der Waals surface area contributed by atoms with Gasteiger partial charge in [0.25, 0.3) is 32.1 Å². The number of carbonyl (C=O) groups excluding carboxylic acids is 2. The molecule has 0 saturated carbocycles. The second-order valence-electron chi connectivity index (χ2n) is 33.2. The quantitative estimate of drug-likeness (QED) is 0.0113. The Labute approximate surface area is 945 Å². The van der Waals surface area contributed by atoms with Crippen molar-refractivity contribution in [1.82, 2.24) is 10.6 Å². The smallest absolute Gasteiger partial charge is 0.297 e. The van der Waals surface area contributed by atoms with Crippen LogP contribution in [0.1, 0.15) is 288 Å². The number of hydrogen-bond donors (Lipinski definition) is 8. The lowest BCUT2D eigenvalue weighted by Crippen LogP contribution is -2.60. The van der Waals surface area contributed by atoms with E-state index >= 15 is 0 Å². The predicted molar refractivity (Wildman–Crippen MR) is 671 cm³/mol. The Morgan fingerprint density at radius 2 is 0.721 bits per heavy atom. The van der Waals surface area contributed by atoms with E-state index in [1.165, 1.54) is 121 Å². The maximum absolute atomic E-state index is 13.6. The van der Waals surface area contributed by atoms with E-state index in [-0.39, 0.29) is 116 Å². The Bertz CT molecular complexity index is 6910. The number of nitrogens with one attached hydrogen (secondary N) is 2. The molecule has 2 fully saturated rings. The van der Waals surface area contributed by atoms with Crippen molar-refractivity contribution in [3.05, 3.63) is 108 Å². The summed E-state index contributed by atoms with van der Waals surface area (Å²) in [6.07, 6.45) is 15.9. The number of ether oxygens (including phenoxy) is 5. The minimum atomic E-state index is -4.30. The zero-order valence-corrected chi connectivity index (χ0v) is 86.3. The van der Waals surface area contributed by atoms with Crippen LogP contribution < -0.4 is 10.6 Å². The zero-order valence-electron chi connectivity index (χ0n) is 84.7. The molecule has 2 saturated heterocycles. The summed E-state index contributed by atoms with van der Waals surface area (Å²) in [5.74, 6) is 118. The van der Waals surface area contributed by atoms with Crippen LogP contribution in [0, 0.1) is 316 Å². The third-order valence-corrected chi connectivity index (χ3v) is 24.4. The fourth-order valence-electron chi connectivity index (χ4n) is 13.7. The highest BCUT2D eigenvalue weighted by molar-refractivity contribution is 7.87. The maximum atomic E-state index is 13.6. The molecule has 852 valence electrons. The number of rotatable bonds is 48. The van der Waals surface area contributed by atoms with Crippen LogP contribution in [0.25, 0.3) is 0 Å². The first-order valence-corrected chi connectivity index (χ1v) is 51.5. The van der Waals surface area contributed by atoms with Gasteiger partial charge in [0.15, 0.2) is 12.6 Å². The van der Waals surface area contributed by atoms with Gasteiger partial charge in [-0.1, -0.05) is 253 Å². The molecular formula is C124H220N2O19S2. The van der Waals surface area contributed by atoms with Crippen molar-refractivity contribution in [3.63, 3.8) is 0 Å². The Kier molecular flexibility index (Phi) is 67.3. The van der Waals surface area contributed by atoms with Crippen LogP contribution in [-0.2, 0) is 68.5 Å². The van der Waals surface area contributed by atoms with Crippen LogP contribution in [0.3, 0.4) is 0 Å². The third kappa shape index (κ3) is 58.0. The van der Waals surface area contributed by atoms with E-state index in [1.54, 1.807) is 45.0 Å². The molecule has 2 aliphatic heterocycles. The number of carbonyl (C=O) groups is 2. The Balaban J connectivity index is -0.0000000432. The van der Waals surface area contributed by atoms with Crippen molar-refractivity contribution in [2.45, 2.75) is 312 Å². The van der Waals surface area contributed by atoms with Gasteiger partial charge in [-0.05, 0) is 284 Å². The van der Waals surface area contributed by atoms with E-state index < -0.39 is 131 Å². The van der Waals surface area contributed by atoms with Gasteiger partial charge in [-0.3, -0.25) is 18.0 Å². The molecule has 0 aromatic heterocycles. The molecule has 8 N–H and O–H groups in total. The first-order chi connectivity index (χ1) is 71.4. The number of hydrogen-bond acceptors (Lipinski definition) is 19. The van der Waals surface area contributed by atoms with Crippen molar-refractivity contribution in [2.75, 3.05) is 26.4 Å². The van der Waals surface area contributed by atoms with E-state index in [0.717, 1.165) is 55.2 Å². The molecule has 3 aromatic carbocycles. The molecule has 3 aromatic rings. The number of aliphatic hydroxyl groups is 6. The molecule has 23 heteroatoms. The normalized spacial score (nSPS) is 16.9. The van der Waals surface area contributed by atoms with E-state index in [0.29, 0.717) is 12.8 Å². The fraction of sp³-hybridized carbons (Fsp3) is 0.435. The molecular weight excluding hydrogens is 1890 g/mol. The summed E-state index contributed by atoms with van der Waals surface area (Å²) in [7, 11) is -8.45. The molecule has 5 rings (SSSR count). The van der Waals surface area contributed by atoms with Crippen LogP contribution in [0.2, 0.25) is 0 Å². The molecule has 2 amide bonds. The van der Waals surface area contributed by atoms with Crippen molar-refractivity contribution in [1.29, 1.82) is 0 Å². The molecule has 16 atom stereocenters. The van der Waals surface area contributed by atoms with Gasteiger partial charge in [0.05, 0.1) is 73.2 Å². The number of aryl methyl sites for hydroxylation is 2.